The molecule has 0 amide bonds. The minimum Gasteiger partial charge on any atom is -0.380 e. The van der Waals surface area contributed by atoms with Gasteiger partial charge in [-0.15, -0.1) is 0 Å². The Morgan fingerprint density at radius 1 is 1.12 bits per heavy atom. The summed E-state index contributed by atoms with van der Waals surface area (Å²) in [5, 5.41) is 3.00. The Kier molecular flexibility index (Phi) is 5.19. The zero-order valence-electron chi connectivity index (χ0n) is 10.1. The van der Waals surface area contributed by atoms with Crippen molar-refractivity contribution in [2.45, 2.75) is 26.7 Å². The molecule has 4 heteroatoms. The Morgan fingerprint density at radius 3 is 2.19 bits per heavy atom. The molecule has 0 bridgehead atoms. The number of nitrogens with one attached hydrogen (secondary N) is 1. The van der Waals surface area contributed by atoms with Crippen molar-refractivity contribution in [3.8, 4) is 0 Å². The van der Waals surface area contributed by atoms with Gasteiger partial charge in [-0.2, -0.15) is 0 Å². The summed E-state index contributed by atoms with van der Waals surface area (Å²) < 4.78 is 0. The molecule has 0 aliphatic rings. The summed E-state index contributed by atoms with van der Waals surface area (Å²) in [6.07, 6.45) is 2.28. The second-order valence-corrected chi connectivity index (χ2v) is 4.02. The van der Waals surface area contributed by atoms with Crippen LogP contribution in [0.1, 0.15) is 26.7 Å². The highest BCUT2D eigenvalue weighted by Crippen LogP contribution is 1.97. The second kappa shape index (κ2) is 6.43. The average Bonchev–Trinajstić information content (AvgIpc) is 2.28. The summed E-state index contributed by atoms with van der Waals surface area (Å²) in [6.45, 7) is 8.13. The van der Waals surface area contributed by atoms with Crippen molar-refractivity contribution in [3.63, 3.8) is 0 Å². The quantitative estimate of drug-likeness (QED) is 0.664. The van der Waals surface area contributed by atoms with E-state index in [1.165, 1.54) is 6.07 Å². The standard InChI is InChI=1S/C12H20N2O2/c1-3-6-14(7-4-2)8-5-13-10-9-11(15)12(10)16/h9,13H,3-8H2,1-2H3. The lowest BCUT2D eigenvalue weighted by Crippen LogP contribution is -2.36. The molecule has 0 heterocycles. The van der Waals surface area contributed by atoms with Crippen LogP contribution in [0.25, 0.3) is 0 Å². The van der Waals surface area contributed by atoms with Crippen molar-refractivity contribution in [3.05, 3.63) is 26.5 Å². The largest absolute Gasteiger partial charge is 0.380 e. The van der Waals surface area contributed by atoms with Crippen LogP contribution < -0.4 is 16.2 Å². The van der Waals surface area contributed by atoms with Crippen molar-refractivity contribution in [2.24, 2.45) is 0 Å². The van der Waals surface area contributed by atoms with Crippen LogP contribution in [-0.4, -0.2) is 31.1 Å². The van der Waals surface area contributed by atoms with E-state index in [2.05, 4.69) is 24.1 Å². The molecule has 1 aromatic rings. The highest BCUT2D eigenvalue weighted by atomic mass is 16.2. The van der Waals surface area contributed by atoms with E-state index in [4.69, 9.17) is 0 Å². The van der Waals surface area contributed by atoms with Crippen molar-refractivity contribution in [1.29, 1.82) is 0 Å². The van der Waals surface area contributed by atoms with Gasteiger partial charge in [0.2, 0.25) is 10.9 Å². The van der Waals surface area contributed by atoms with Crippen LogP contribution in [0.3, 0.4) is 0 Å². The van der Waals surface area contributed by atoms with Gasteiger partial charge in [-0.25, -0.2) is 0 Å². The van der Waals surface area contributed by atoms with Gasteiger partial charge in [-0.1, -0.05) is 13.8 Å². The third-order valence-corrected chi connectivity index (χ3v) is 2.57. The minimum absolute atomic E-state index is 0.377. The Balaban J connectivity index is 2.26. The third-order valence-electron chi connectivity index (χ3n) is 2.57. The topological polar surface area (TPSA) is 49.4 Å². The summed E-state index contributed by atoms with van der Waals surface area (Å²) in [6, 6.07) is 1.37. The zero-order valence-corrected chi connectivity index (χ0v) is 10.1. The van der Waals surface area contributed by atoms with Gasteiger partial charge in [0.05, 0.1) is 5.69 Å². The molecule has 16 heavy (non-hydrogen) atoms. The molecule has 90 valence electrons. The maximum Gasteiger partial charge on any atom is 0.248 e. The molecule has 1 N–H and O–H groups in total. The van der Waals surface area contributed by atoms with E-state index >= 15 is 0 Å². The third kappa shape index (κ3) is 3.45. The second-order valence-electron chi connectivity index (χ2n) is 4.02. The Morgan fingerprint density at radius 2 is 1.75 bits per heavy atom. The van der Waals surface area contributed by atoms with Gasteiger partial charge in [0.1, 0.15) is 0 Å². The Hall–Kier alpha value is -1.16. The predicted octanol–water partition coefficient (Wildman–Crippen LogP) is 0.817. The predicted molar refractivity (Wildman–Crippen MR) is 66.9 cm³/mol. The molecule has 0 spiro atoms. The molecule has 0 atom stereocenters. The first-order chi connectivity index (χ1) is 7.69. The van der Waals surface area contributed by atoms with Crippen molar-refractivity contribution < 1.29 is 0 Å². The summed E-state index contributed by atoms with van der Waals surface area (Å²) in [5.74, 6) is 0. The lowest BCUT2D eigenvalue weighted by atomic mass is 10.2. The Labute approximate surface area is 96.0 Å². The number of anilines is 1. The number of nitrogens with zero attached hydrogens (tertiary/aromatic N) is 1. The summed E-state index contributed by atoms with van der Waals surface area (Å²) in [4.78, 5) is 24.0. The van der Waals surface area contributed by atoms with Gasteiger partial charge in [-0.3, -0.25) is 9.59 Å². The van der Waals surface area contributed by atoms with Crippen LogP contribution in [0.5, 0.6) is 0 Å². The van der Waals surface area contributed by atoms with E-state index in [1.807, 2.05) is 0 Å². The maximum atomic E-state index is 11.0. The van der Waals surface area contributed by atoms with Crippen LogP contribution in [0.2, 0.25) is 0 Å². The first kappa shape index (κ1) is 12.9. The van der Waals surface area contributed by atoms with Crippen LogP contribution in [-0.2, 0) is 0 Å². The molecule has 0 saturated carbocycles. The molecular formula is C12H20N2O2. The first-order valence-electron chi connectivity index (χ1n) is 5.95. The smallest absolute Gasteiger partial charge is 0.248 e. The summed E-state index contributed by atoms with van der Waals surface area (Å²) in [5.41, 5.74) is -0.294. The highest BCUT2D eigenvalue weighted by Gasteiger charge is 2.08. The molecule has 0 unspecified atom stereocenters. The van der Waals surface area contributed by atoms with E-state index in [0.29, 0.717) is 5.69 Å². The molecule has 0 aliphatic carbocycles. The van der Waals surface area contributed by atoms with E-state index < -0.39 is 0 Å². The molecule has 0 aromatic heterocycles. The van der Waals surface area contributed by atoms with Crippen LogP contribution in [0.4, 0.5) is 5.69 Å². The summed E-state index contributed by atoms with van der Waals surface area (Å²) >= 11 is 0. The molecule has 0 fully saturated rings. The molecule has 0 saturated heterocycles. The van der Waals surface area contributed by atoms with E-state index in [9.17, 15) is 9.59 Å². The normalized spacial score (nSPS) is 11.2. The zero-order chi connectivity index (χ0) is 12.0. The molecule has 1 aromatic carbocycles. The fourth-order valence-corrected chi connectivity index (χ4v) is 1.77. The van der Waals surface area contributed by atoms with Gasteiger partial charge in [0.15, 0.2) is 0 Å². The van der Waals surface area contributed by atoms with E-state index in [1.54, 1.807) is 0 Å². The number of hydrogen-bond donors (Lipinski definition) is 1. The van der Waals surface area contributed by atoms with E-state index in [0.717, 1.165) is 39.0 Å². The van der Waals surface area contributed by atoms with Crippen molar-refractivity contribution in [1.82, 2.24) is 4.90 Å². The average molecular weight is 224 g/mol. The lowest BCUT2D eigenvalue weighted by Gasteiger charge is -2.21. The lowest BCUT2D eigenvalue weighted by molar-refractivity contribution is 0.285. The van der Waals surface area contributed by atoms with Crippen LogP contribution >= 0.6 is 0 Å². The van der Waals surface area contributed by atoms with Gasteiger partial charge in [-0.05, 0) is 25.9 Å². The molecule has 4 nitrogen and oxygen atoms in total. The molecule has 1 rings (SSSR count). The van der Waals surface area contributed by atoms with Crippen molar-refractivity contribution >= 4 is 5.69 Å². The highest BCUT2D eigenvalue weighted by molar-refractivity contribution is 5.47. The Bertz CT molecular complexity index is 374. The minimum atomic E-state index is -0.388. The summed E-state index contributed by atoms with van der Waals surface area (Å²) in [7, 11) is 0. The first-order valence-corrected chi connectivity index (χ1v) is 5.95. The fourth-order valence-electron chi connectivity index (χ4n) is 1.77. The van der Waals surface area contributed by atoms with Crippen LogP contribution in [0.15, 0.2) is 15.7 Å². The van der Waals surface area contributed by atoms with E-state index in [-0.39, 0.29) is 10.9 Å². The molecule has 0 radical (unpaired) electrons. The SMILES string of the molecule is CCCN(CCC)CCNc1cc(=O)c1=O. The van der Waals surface area contributed by atoms with Gasteiger partial charge in [0.25, 0.3) is 0 Å². The monoisotopic (exact) mass is 224 g/mol. The van der Waals surface area contributed by atoms with Crippen LogP contribution in [0, 0.1) is 0 Å². The van der Waals surface area contributed by atoms with Gasteiger partial charge in [0, 0.05) is 19.2 Å². The molecular weight excluding hydrogens is 204 g/mol. The fraction of sp³-hybridized carbons (Fsp3) is 0.667. The van der Waals surface area contributed by atoms with Gasteiger partial charge >= 0.3 is 0 Å². The van der Waals surface area contributed by atoms with Crippen molar-refractivity contribution in [2.75, 3.05) is 31.5 Å². The number of hydrogen-bond acceptors (Lipinski definition) is 4. The molecule has 0 aliphatic heterocycles. The van der Waals surface area contributed by atoms with Gasteiger partial charge < -0.3 is 10.2 Å². The maximum absolute atomic E-state index is 11.0. The number of rotatable bonds is 8.